The first-order valence-electron chi connectivity index (χ1n) is 19.7. The summed E-state index contributed by atoms with van der Waals surface area (Å²) in [5.74, 6) is 0. The molecule has 0 saturated carbocycles. The third-order valence-electron chi connectivity index (χ3n) is 12.3. The predicted octanol–water partition coefficient (Wildman–Crippen LogP) is 14.7. The lowest BCUT2D eigenvalue weighted by Crippen LogP contribution is -2.25. The van der Waals surface area contributed by atoms with Crippen molar-refractivity contribution >= 4 is 39.0 Å². The molecule has 0 N–H and O–H groups in total. The highest BCUT2D eigenvalue weighted by molar-refractivity contribution is 6.06. The minimum absolute atomic E-state index is 0.368. The minimum Gasteiger partial charge on any atom is -0.456 e. The predicted molar refractivity (Wildman–Crippen MR) is 236 cm³/mol. The summed E-state index contributed by atoms with van der Waals surface area (Å²) in [6.45, 7) is 0. The van der Waals surface area contributed by atoms with Gasteiger partial charge in [0.05, 0.1) is 5.41 Å². The van der Waals surface area contributed by atoms with Crippen molar-refractivity contribution in [3.8, 4) is 44.5 Å². The van der Waals surface area contributed by atoms with Crippen LogP contribution >= 0.6 is 0 Å². The van der Waals surface area contributed by atoms with Gasteiger partial charge < -0.3 is 9.32 Å². The molecular formula is C55H35NO. The van der Waals surface area contributed by atoms with Crippen LogP contribution < -0.4 is 4.90 Å². The maximum absolute atomic E-state index is 6.39. The molecule has 266 valence electrons. The van der Waals surface area contributed by atoms with Gasteiger partial charge in [-0.3, -0.25) is 0 Å². The zero-order valence-electron chi connectivity index (χ0n) is 31.1. The number of benzene rings is 9. The van der Waals surface area contributed by atoms with Crippen molar-refractivity contribution in [2.24, 2.45) is 0 Å². The van der Waals surface area contributed by atoms with Crippen molar-refractivity contribution in [1.29, 1.82) is 0 Å². The van der Waals surface area contributed by atoms with Gasteiger partial charge in [-0.25, -0.2) is 0 Å². The molecule has 0 aliphatic heterocycles. The lowest BCUT2D eigenvalue weighted by molar-refractivity contribution is 0.669. The molecule has 0 unspecified atom stereocenters. The molecular weight excluding hydrogens is 691 g/mol. The molecule has 0 radical (unpaired) electrons. The third kappa shape index (κ3) is 4.65. The van der Waals surface area contributed by atoms with Gasteiger partial charge in [-0.15, -0.1) is 0 Å². The Morgan fingerprint density at radius 2 is 0.754 bits per heavy atom. The third-order valence-corrected chi connectivity index (χ3v) is 12.3. The topological polar surface area (TPSA) is 16.4 Å². The fourth-order valence-corrected chi connectivity index (χ4v) is 9.81. The van der Waals surface area contributed by atoms with E-state index in [0.29, 0.717) is 0 Å². The van der Waals surface area contributed by atoms with Crippen molar-refractivity contribution in [2.45, 2.75) is 5.41 Å². The zero-order valence-corrected chi connectivity index (χ0v) is 31.1. The number of hydrogen-bond donors (Lipinski definition) is 0. The second-order valence-corrected chi connectivity index (χ2v) is 15.2. The molecule has 1 heterocycles. The largest absolute Gasteiger partial charge is 0.456 e. The Kier molecular flexibility index (Phi) is 6.88. The van der Waals surface area contributed by atoms with E-state index >= 15 is 0 Å². The van der Waals surface area contributed by atoms with Crippen molar-refractivity contribution in [2.75, 3.05) is 4.90 Å². The fraction of sp³-hybridized carbons (Fsp3) is 0.0182. The normalized spacial score (nSPS) is 13.1. The molecule has 0 fully saturated rings. The number of rotatable bonds is 5. The summed E-state index contributed by atoms with van der Waals surface area (Å²) in [6, 6.07) is 77.4. The van der Waals surface area contributed by atoms with E-state index in [9.17, 15) is 0 Å². The van der Waals surface area contributed by atoms with Crippen LogP contribution in [0.25, 0.3) is 66.4 Å². The van der Waals surface area contributed by atoms with Gasteiger partial charge in [-0.05, 0) is 115 Å². The van der Waals surface area contributed by atoms with Gasteiger partial charge >= 0.3 is 0 Å². The molecule has 10 aromatic rings. The molecule has 0 amide bonds. The molecule has 57 heavy (non-hydrogen) atoms. The van der Waals surface area contributed by atoms with Gasteiger partial charge in [0.2, 0.25) is 0 Å². The molecule has 0 bridgehead atoms. The quantitative estimate of drug-likeness (QED) is 0.176. The Balaban J connectivity index is 0.984. The maximum atomic E-state index is 6.39. The summed E-state index contributed by atoms with van der Waals surface area (Å²) in [6.07, 6.45) is 0. The molecule has 12 rings (SSSR count). The molecule has 0 saturated heterocycles. The van der Waals surface area contributed by atoms with Crippen molar-refractivity contribution < 1.29 is 4.42 Å². The molecule has 2 nitrogen and oxygen atoms in total. The average Bonchev–Trinajstić information content (AvgIpc) is 3.91. The van der Waals surface area contributed by atoms with E-state index in [4.69, 9.17) is 4.42 Å². The van der Waals surface area contributed by atoms with Crippen LogP contribution in [-0.4, -0.2) is 0 Å². The molecule has 0 atom stereocenters. The standard InChI is InChI=1S/C55H35NO/c1-2-12-36(13-3-1)37-22-27-40(28-23-37)56(42-31-33-48-47-17-7-11-21-53(47)57-54(48)35-42)41-29-24-38(25-30-41)39-26-32-46-45-16-6-10-20-51(45)55(52(46)34-39)49-18-8-4-14-43(49)44-15-5-9-19-50(44)55/h1-35H. The van der Waals surface area contributed by atoms with Crippen LogP contribution in [0.2, 0.25) is 0 Å². The van der Waals surface area contributed by atoms with E-state index in [2.05, 4.69) is 205 Å². The van der Waals surface area contributed by atoms with Gasteiger partial charge in [-0.1, -0.05) is 158 Å². The number of para-hydroxylation sites is 1. The van der Waals surface area contributed by atoms with Crippen LogP contribution in [0.4, 0.5) is 17.1 Å². The Labute approximate surface area is 331 Å². The molecule has 9 aromatic carbocycles. The summed E-state index contributed by atoms with van der Waals surface area (Å²) in [7, 11) is 0. The Morgan fingerprint density at radius 3 is 1.39 bits per heavy atom. The molecule has 2 aliphatic rings. The Morgan fingerprint density at radius 1 is 0.298 bits per heavy atom. The van der Waals surface area contributed by atoms with Crippen molar-refractivity contribution in [3.63, 3.8) is 0 Å². The summed E-state index contributed by atoms with van der Waals surface area (Å²) in [5.41, 5.74) is 20.1. The van der Waals surface area contributed by atoms with Gasteiger partial charge in [0, 0.05) is 33.9 Å². The Bertz CT molecular complexity index is 3110. The average molecular weight is 726 g/mol. The summed E-state index contributed by atoms with van der Waals surface area (Å²) < 4.78 is 6.39. The number of nitrogens with zero attached hydrogens (tertiary/aromatic N) is 1. The van der Waals surface area contributed by atoms with Crippen LogP contribution in [0.5, 0.6) is 0 Å². The number of hydrogen-bond acceptors (Lipinski definition) is 2. The van der Waals surface area contributed by atoms with E-state index in [-0.39, 0.29) is 5.41 Å². The zero-order chi connectivity index (χ0) is 37.5. The smallest absolute Gasteiger partial charge is 0.137 e. The highest BCUT2D eigenvalue weighted by Crippen LogP contribution is 2.63. The van der Waals surface area contributed by atoms with E-state index in [0.717, 1.165) is 39.0 Å². The number of furan rings is 1. The van der Waals surface area contributed by atoms with E-state index < -0.39 is 0 Å². The summed E-state index contributed by atoms with van der Waals surface area (Å²) >= 11 is 0. The van der Waals surface area contributed by atoms with Crippen molar-refractivity contribution in [1.82, 2.24) is 0 Å². The number of anilines is 3. The van der Waals surface area contributed by atoms with E-state index in [1.54, 1.807) is 0 Å². The van der Waals surface area contributed by atoms with Crippen LogP contribution in [0.3, 0.4) is 0 Å². The van der Waals surface area contributed by atoms with E-state index in [1.807, 2.05) is 12.1 Å². The first kappa shape index (κ1) is 31.9. The highest BCUT2D eigenvalue weighted by atomic mass is 16.3. The molecule has 1 spiro atoms. The molecule has 1 aromatic heterocycles. The summed E-state index contributed by atoms with van der Waals surface area (Å²) in [5, 5.41) is 2.25. The highest BCUT2D eigenvalue weighted by Gasteiger charge is 2.51. The SMILES string of the molecule is c1ccc(-c2ccc(N(c3ccc(-c4ccc5c(c4)C4(c6ccccc6-c6ccccc64)c4ccccc4-5)cc3)c3ccc4c(c3)oc3ccccc34)cc2)cc1. The lowest BCUT2D eigenvalue weighted by atomic mass is 9.70. The molecule has 2 aliphatic carbocycles. The van der Waals surface area contributed by atoms with Crippen LogP contribution in [0.1, 0.15) is 22.3 Å². The van der Waals surface area contributed by atoms with Crippen LogP contribution in [0.15, 0.2) is 217 Å². The molecule has 2 heteroatoms. The second-order valence-electron chi connectivity index (χ2n) is 15.2. The van der Waals surface area contributed by atoms with Gasteiger partial charge in [0.25, 0.3) is 0 Å². The first-order valence-corrected chi connectivity index (χ1v) is 19.7. The first-order chi connectivity index (χ1) is 28.3. The minimum atomic E-state index is -0.368. The maximum Gasteiger partial charge on any atom is 0.137 e. The monoisotopic (exact) mass is 725 g/mol. The number of fused-ring (bicyclic) bond motifs is 13. The second kappa shape index (κ2) is 12.3. The van der Waals surface area contributed by atoms with Gasteiger partial charge in [0.1, 0.15) is 11.2 Å². The summed E-state index contributed by atoms with van der Waals surface area (Å²) in [4.78, 5) is 2.33. The van der Waals surface area contributed by atoms with Crippen molar-refractivity contribution in [3.05, 3.63) is 235 Å². The van der Waals surface area contributed by atoms with Crippen LogP contribution in [-0.2, 0) is 5.41 Å². The van der Waals surface area contributed by atoms with E-state index in [1.165, 1.54) is 66.8 Å². The Hall–Kier alpha value is -7.42. The van der Waals surface area contributed by atoms with Gasteiger partial charge in [-0.2, -0.15) is 0 Å². The van der Waals surface area contributed by atoms with Crippen LogP contribution in [0, 0.1) is 0 Å². The van der Waals surface area contributed by atoms with Gasteiger partial charge in [0.15, 0.2) is 0 Å². The fourth-order valence-electron chi connectivity index (χ4n) is 9.81. The lowest BCUT2D eigenvalue weighted by Gasteiger charge is -2.30.